The van der Waals surface area contributed by atoms with Crippen molar-refractivity contribution in [1.82, 2.24) is 0 Å². The van der Waals surface area contributed by atoms with Crippen LogP contribution in [0.4, 0.5) is 0 Å². The lowest BCUT2D eigenvalue weighted by atomic mass is 9.70. The molecular weight excluding hydrogens is 250 g/mol. The summed E-state index contributed by atoms with van der Waals surface area (Å²) in [5.74, 6) is 0.754. The number of amides is 1. The van der Waals surface area contributed by atoms with Crippen LogP contribution in [0.25, 0.3) is 0 Å². The third kappa shape index (κ3) is 1.97. The lowest BCUT2D eigenvalue weighted by Crippen LogP contribution is -2.47. The van der Waals surface area contributed by atoms with Gasteiger partial charge in [0, 0.05) is 17.4 Å². The molecule has 1 saturated carbocycles. The Morgan fingerprint density at radius 1 is 1.50 bits per heavy atom. The molecule has 1 aliphatic heterocycles. The highest BCUT2D eigenvalue weighted by molar-refractivity contribution is 6.30. The molecule has 0 bridgehead atoms. The molecule has 1 spiro atoms. The largest absolute Gasteiger partial charge is 0.487 e. The van der Waals surface area contributed by atoms with Crippen molar-refractivity contribution in [2.75, 3.05) is 0 Å². The Morgan fingerprint density at radius 2 is 2.28 bits per heavy atom. The summed E-state index contributed by atoms with van der Waals surface area (Å²) < 4.78 is 6.11. The Kier molecular flexibility index (Phi) is 2.74. The molecule has 1 heterocycles. The number of benzene rings is 1. The van der Waals surface area contributed by atoms with E-state index >= 15 is 0 Å². The molecule has 3 rings (SSSR count). The van der Waals surface area contributed by atoms with Gasteiger partial charge in [0.15, 0.2) is 0 Å². The van der Waals surface area contributed by atoms with Gasteiger partial charge in [-0.1, -0.05) is 11.6 Å². The maximum Gasteiger partial charge on any atom is 0.218 e. The van der Waals surface area contributed by atoms with Crippen LogP contribution in [0.3, 0.4) is 0 Å². The van der Waals surface area contributed by atoms with Gasteiger partial charge in [0.1, 0.15) is 11.4 Å². The number of carbonyl (C=O) groups is 1. The molecule has 3 nitrogen and oxygen atoms in total. The molecule has 2 aliphatic rings. The number of nitrogens with two attached hydrogens (primary N) is 1. The van der Waals surface area contributed by atoms with Crippen molar-refractivity contribution >= 4 is 17.5 Å². The van der Waals surface area contributed by atoms with Gasteiger partial charge in [-0.2, -0.15) is 0 Å². The molecular formula is C14H16ClNO2. The summed E-state index contributed by atoms with van der Waals surface area (Å²) in [7, 11) is 0. The van der Waals surface area contributed by atoms with E-state index in [9.17, 15) is 4.79 Å². The van der Waals surface area contributed by atoms with Crippen molar-refractivity contribution in [3.05, 3.63) is 28.8 Å². The average Bonchev–Trinajstić information content (AvgIpc) is 2.27. The van der Waals surface area contributed by atoms with Crippen molar-refractivity contribution in [2.45, 2.75) is 43.6 Å². The van der Waals surface area contributed by atoms with Gasteiger partial charge >= 0.3 is 0 Å². The molecule has 96 valence electrons. The average molecular weight is 266 g/mol. The number of ether oxygens (including phenoxy) is 1. The summed E-state index contributed by atoms with van der Waals surface area (Å²) in [6.45, 7) is 0. The second-order valence-corrected chi connectivity index (χ2v) is 5.83. The molecule has 2 N–H and O–H groups in total. The van der Waals surface area contributed by atoms with Crippen molar-refractivity contribution in [3.63, 3.8) is 0 Å². The minimum atomic E-state index is -0.262. The standard InChI is InChI=1S/C14H16ClNO2/c15-10-2-3-12-11(7-10)9(6-13(16)17)8-14(18-12)4-1-5-14/h2-3,7,9H,1,4-6,8H2,(H2,16,17)/t9-/m1/s1. The monoisotopic (exact) mass is 265 g/mol. The topological polar surface area (TPSA) is 52.3 Å². The normalized spacial score (nSPS) is 23.9. The van der Waals surface area contributed by atoms with Gasteiger partial charge in [-0.15, -0.1) is 0 Å². The molecule has 1 aliphatic carbocycles. The lowest BCUT2D eigenvalue weighted by Gasteiger charge is -2.48. The van der Waals surface area contributed by atoms with Crippen LogP contribution in [0, 0.1) is 0 Å². The summed E-state index contributed by atoms with van der Waals surface area (Å²) in [5, 5.41) is 0.677. The third-order valence-corrected chi connectivity index (χ3v) is 4.30. The van der Waals surface area contributed by atoms with Gasteiger partial charge in [-0.3, -0.25) is 4.79 Å². The summed E-state index contributed by atoms with van der Waals surface area (Å²) in [4.78, 5) is 11.2. The minimum absolute atomic E-state index is 0.0546. The van der Waals surface area contributed by atoms with Gasteiger partial charge in [-0.25, -0.2) is 0 Å². The van der Waals surface area contributed by atoms with E-state index in [4.69, 9.17) is 22.1 Å². The molecule has 4 heteroatoms. The second-order valence-electron chi connectivity index (χ2n) is 5.39. The Bertz CT molecular complexity index is 497. The fourth-order valence-corrected chi connectivity index (χ4v) is 3.25. The Labute approximate surface area is 111 Å². The Balaban J connectivity index is 1.97. The summed E-state index contributed by atoms with van der Waals surface area (Å²) in [5.41, 5.74) is 6.33. The number of hydrogen-bond donors (Lipinski definition) is 1. The van der Waals surface area contributed by atoms with E-state index in [1.807, 2.05) is 18.2 Å². The van der Waals surface area contributed by atoms with Crippen LogP contribution >= 0.6 is 11.6 Å². The SMILES string of the molecule is NC(=O)C[C@@H]1CC2(CCC2)Oc2ccc(Cl)cc21. The number of carbonyl (C=O) groups excluding carboxylic acids is 1. The van der Waals surface area contributed by atoms with E-state index < -0.39 is 0 Å². The zero-order valence-corrected chi connectivity index (χ0v) is 10.9. The van der Waals surface area contributed by atoms with E-state index in [-0.39, 0.29) is 17.4 Å². The fraction of sp³-hybridized carbons (Fsp3) is 0.500. The number of halogens is 1. The smallest absolute Gasteiger partial charge is 0.218 e. The van der Waals surface area contributed by atoms with E-state index in [1.165, 1.54) is 6.42 Å². The van der Waals surface area contributed by atoms with Crippen molar-refractivity contribution < 1.29 is 9.53 Å². The van der Waals surface area contributed by atoms with E-state index in [1.54, 1.807) is 0 Å². The van der Waals surface area contributed by atoms with E-state index in [0.29, 0.717) is 11.4 Å². The molecule has 1 aromatic rings. The van der Waals surface area contributed by atoms with Crippen LogP contribution in [0.1, 0.15) is 43.6 Å². The molecule has 18 heavy (non-hydrogen) atoms. The molecule has 1 amide bonds. The van der Waals surface area contributed by atoms with Gasteiger partial charge in [-0.05, 0) is 49.4 Å². The number of rotatable bonds is 2. The zero-order chi connectivity index (χ0) is 12.8. The molecule has 0 radical (unpaired) electrons. The first kappa shape index (κ1) is 11.8. The van der Waals surface area contributed by atoms with Crippen molar-refractivity contribution in [2.24, 2.45) is 5.73 Å². The fourth-order valence-electron chi connectivity index (χ4n) is 3.07. The first-order chi connectivity index (χ1) is 8.58. The first-order valence-corrected chi connectivity index (χ1v) is 6.73. The van der Waals surface area contributed by atoms with Crippen molar-refractivity contribution in [3.8, 4) is 5.75 Å². The maximum absolute atomic E-state index is 11.2. The minimum Gasteiger partial charge on any atom is -0.487 e. The van der Waals surface area contributed by atoms with Crippen LogP contribution in [0.5, 0.6) is 5.75 Å². The van der Waals surface area contributed by atoms with Crippen LogP contribution in [-0.2, 0) is 4.79 Å². The molecule has 1 aromatic carbocycles. The molecule has 0 unspecified atom stereocenters. The van der Waals surface area contributed by atoms with Crippen LogP contribution in [0.15, 0.2) is 18.2 Å². The Morgan fingerprint density at radius 3 is 2.89 bits per heavy atom. The summed E-state index contributed by atoms with van der Waals surface area (Å²) in [6.07, 6.45) is 4.60. The number of hydrogen-bond acceptors (Lipinski definition) is 2. The van der Waals surface area contributed by atoms with Gasteiger partial charge in [0.05, 0.1) is 0 Å². The number of primary amides is 1. The quantitative estimate of drug-likeness (QED) is 0.894. The van der Waals surface area contributed by atoms with Crippen LogP contribution < -0.4 is 10.5 Å². The third-order valence-electron chi connectivity index (χ3n) is 4.07. The van der Waals surface area contributed by atoms with Crippen molar-refractivity contribution in [1.29, 1.82) is 0 Å². The summed E-state index contributed by atoms with van der Waals surface area (Å²) >= 11 is 6.03. The highest BCUT2D eigenvalue weighted by Gasteiger charge is 2.45. The van der Waals surface area contributed by atoms with Crippen LogP contribution in [0.2, 0.25) is 5.02 Å². The first-order valence-electron chi connectivity index (χ1n) is 6.35. The second kappa shape index (κ2) is 4.16. The predicted molar refractivity (Wildman–Crippen MR) is 69.8 cm³/mol. The van der Waals surface area contributed by atoms with Crippen LogP contribution in [-0.4, -0.2) is 11.5 Å². The molecule has 1 fully saturated rings. The predicted octanol–water partition coefficient (Wildman–Crippen LogP) is 3.00. The van der Waals surface area contributed by atoms with E-state index in [2.05, 4.69) is 0 Å². The summed E-state index contributed by atoms with van der Waals surface area (Å²) in [6, 6.07) is 5.64. The van der Waals surface area contributed by atoms with Gasteiger partial charge < -0.3 is 10.5 Å². The maximum atomic E-state index is 11.2. The number of fused-ring (bicyclic) bond motifs is 1. The Hall–Kier alpha value is -1.22. The van der Waals surface area contributed by atoms with Gasteiger partial charge in [0.25, 0.3) is 0 Å². The molecule has 0 aromatic heterocycles. The lowest BCUT2D eigenvalue weighted by molar-refractivity contribution is -0.119. The molecule has 0 saturated heterocycles. The van der Waals surface area contributed by atoms with Gasteiger partial charge in [0.2, 0.25) is 5.91 Å². The molecule has 1 atom stereocenters. The van der Waals surface area contributed by atoms with E-state index in [0.717, 1.165) is 30.6 Å². The highest BCUT2D eigenvalue weighted by Crippen LogP contribution is 2.50. The highest BCUT2D eigenvalue weighted by atomic mass is 35.5. The zero-order valence-electron chi connectivity index (χ0n) is 10.1.